The predicted octanol–water partition coefficient (Wildman–Crippen LogP) is 15.8. The Morgan fingerprint density at radius 2 is 0.724 bits per heavy atom. The van der Waals surface area contributed by atoms with Gasteiger partial charge in [-0.3, -0.25) is 14.1 Å². The number of esters is 2. The molecule has 1 unspecified atom stereocenters. The Morgan fingerprint density at radius 3 is 1.05 bits per heavy atom. The highest BCUT2D eigenvalue weighted by Gasteiger charge is 2.23. The molecule has 344 valence electrons. The van der Waals surface area contributed by atoms with Crippen LogP contribution in [0.15, 0.2) is 12.2 Å². The van der Waals surface area contributed by atoms with Crippen LogP contribution < -0.4 is 0 Å². The Labute approximate surface area is 358 Å². The topological polar surface area (TPSA) is 119 Å². The lowest BCUT2D eigenvalue weighted by Gasteiger charge is -2.18. The Bertz CT molecular complexity index is 951. The lowest BCUT2D eigenvalue weighted by atomic mass is 10.0. The Hall–Kier alpha value is -1.21. The van der Waals surface area contributed by atoms with E-state index in [2.05, 4.69) is 30.5 Å². The highest BCUT2D eigenvalue weighted by Crippen LogP contribution is 2.36. The van der Waals surface area contributed by atoms with E-state index in [1.807, 2.05) is 0 Å². The summed E-state index contributed by atoms with van der Waals surface area (Å²) in [6, 6.07) is 0. The standard InChI is InChI=1S/C49H95O8P/c1-3-5-7-9-11-13-15-17-19-21-23-24-25-26-28-29-31-33-35-37-39-41-43-48(50)55-45-47(46-56-58(52,53)54)57-49(51)44-42-40-38-36-34-32-30-27-22-20-18-16-14-12-10-8-6-4-2/h20,22,47H,3-19,21,23-46H2,1-2H3,(H2,52,53,54)/b22-20-. The third-order valence-corrected chi connectivity index (χ3v) is 11.8. The zero-order chi connectivity index (χ0) is 42.5. The minimum absolute atomic E-state index is 0.212. The van der Waals surface area contributed by atoms with Crippen LogP contribution in [-0.4, -0.2) is 41.0 Å². The normalized spacial score (nSPS) is 12.4. The Kier molecular flexibility index (Phi) is 44.4. The predicted molar refractivity (Wildman–Crippen MR) is 244 cm³/mol. The summed E-state index contributed by atoms with van der Waals surface area (Å²) < 4.78 is 26.5. The van der Waals surface area contributed by atoms with Gasteiger partial charge in [0.25, 0.3) is 0 Å². The minimum atomic E-state index is -4.75. The Morgan fingerprint density at radius 1 is 0.431 bits per heavy atom. The smallest absolute Gasteiger partial charge is 0.462 e. The van der Waals surface area contributed by atoms with Crippen molar-refractivity contribution >= 4 is 19.8 Å². The van der Waals surface area contributed by atoms with Crippen molar-refractivity contribution in [3.8, 4) is 0 Å². The summed E-state index contributed by atoms with van der Waals surface area (Å²) in [6.07, 6.45) is 52.3. The number of carbonyl (C=O) groups excluding carboxylic acids is 2. The summed E-state index contributed by atoms with van der Waals surface area (Å²) in [5, 5.41) is 0. The highest BCUT2D eigenvalue weighted by molar-refractivity contribution is 7.46. The number of allylic oxidation sites excluding steroid dienone is 2. The van der Waals surface area contributed by atoms with Crippen molar-refractivity contribution < 1.29 is 37.9 Å². The van der Waals surface area contributed by atoms with E-state index >= 15 is 0 Å². The molecule has 0 bridgehead atoms. The molecule has 0 aromatic carbocycles. The molecule has 0 aliphatic carbocycles. The molecule has 0 saturated carbocycles. The summed E-state index contributed by atoms with van der Waals surface area (Å²) in [5.41, 5.74) is 0. The average Bonchev–Trinajstić information content (AvgIpc) is 3.20. The first-order valence-electron chi connectivity index (χ1n) is 25.0. The van der Waals surface area contributed by atoms with Crippen LogP contribution in [0, 0.1) is 0 Å². The molecule has 9 heteroatoms. The number of ether oxygens (including phenoxy) is 2. The monoisotopic (exact) mass is 843 g/mol. The SMILES string of the molecule is CCCCCCCCC/C=C\CCCCCCCCCC(=O)OC(COC(=O)CCCCCCCCCCCCCCCCCCCCCCCC)COP(=O)(O)O. The van der Waals surface area contributed by atoms with E-state index < -0.39 is 32.5 Å². The maximum Gasteiger partial charge on any atom is 0.469 e. The van der Waals surface area contributed by atoms with Crippen molar-refractivity contribution in [3.05, 3.63) is 12.2 Å². The molecule has 0 aliphatic rings. The number of phosphoric acid groups is 1. The number of hydrogen-bond acceptors (Lipinski definition) is 6. The van der Waals surface area contributed by atoms with Gasteiger partial charge in [0.1, 0.15) is 6.61 Å². The first-order valence-corrected chi connectivity index (χ1v) is 26.5. The molecule has 0 aromatic heterocycles. The first kappa shape index (κ1) is 56.8. The molecule has 0 rings (SSSR count). The fourth-order valence-corrected chi connectivity index (χ4v) is 7.91. The van der Waals surface area contributed by atoms with Crippen molar-refractivity contribution in [1.29, 1.82) is 0 Å². The van der Waals surface area contributed by atoms with Crippen LogP contribution in [0.2, 0.25) is 0 Å². The number of carbonyl (C=O) groups is 2. The zero-order valence-electron chi connectivity index (χ0n) is 38.2. The molecule has 1 atom stereocenters. The molecule has 58 heavy (non-hydrogen) atoms. The molecule has 2 N–H and O–H groups in total. The van der Waals surface area contributed by atoms with Gasteiger partial charge < -0.3 is 19.3 Å². The van der Waals surface area contributed by atoms with Gasteiger partial charge in [-0.15, -0.1) is 0 Å². The van der Waals surface area contributed by atoms with Gasteiger partial charge in [-0.05, 0) is 38.5 Å². The lowest BCUT2D eigenvalue weighted by molar-refractivity contribution is -0.161. The minimum Gasteiger partial charge on any atom is -0.462 e. The van der Waals surface area contributed by atoms with E-state index in [9.17, 15) is 14.2 Å². The van der Waals surface area contributed by atoms with Crippen molar-refractivity contribution in [3.63, 3.8) is 0 Å². The molecule has 0 aliphatic heterocycles. The third-order valence-electron chi connectivity index (χ3n) is 11.3. The van der Waals surface area contributed by atoms with Crippen LogP contribution in [0.25, 0.3) is 0 Å². The van der Waals surface area contributed by atoms with Crippen molar-refractivity contribution in [2.45, 2.75) is 277 Å². The molecule has 0 aromatic rings. The lowest BCUT2D eigenvalue weighted by Crippen LogP contribution is -2.29. The highest BCUT2D eigenvalue weighted by atomic mass is 31.2. The van der Waals surface area contributed by atoms with Crippen molar-refractivity contribution in [2.24, 2.45) is 0 Å². The number of unbranched alkanes of at least 4 members (excludes halogenated alkanes) is 35. The maximum atomic E-state index is 12.5. The summed E-state index contributed by atoms with van der Waals surface area (Å²) >= 11 is 0. The number of rotatable bonds is 47. The van der Waals surface area contributed by atoms with Gasteiger partial charge in [-0.1, -0.05) is 231 Å². The van der Waals surface area contributed by atoms with Crippen LogP contribution in [0.5, 0.6) is 0 Å². The van der Waals surface area contributed by atoms with Gasteiger partial charge >= 0.3 is 19.8 Å². The van der Waals surface area contributed by atoms with Crippen LogP contribution in [-0.2, 0) is 28.2 Å². The molecule has 0 heterocycles. The second-order valence-electron chi connectivity index (χ2n) is 17.2. The van der Waals surface area contributed by atoms with E-state index in [0.29, 0.717) is 6.42 Å². The number of hydrogen-bond donors (Lipinski definition) is 2. The molecule has 0 amide bonds. The van der Waals surface area contributed by atoms with E-state index in [0.717, 1.165) is 44.9 Å². The molecule has 0 spiro atoms. The third kappa shape index (κ3) is 47.5. The van der Waals surface area contributed by atoms with Crippen LogP contribution in [0.1, 0.15) is 271 Å². The number of phosphoric ester groups is 1. The second-order valence-corrected chi connectivity index (χ2v) is 18.4. The summed E-state index contributed by atoms with van der Waals surface area (Å²) in [5.74, 6) is -0.872. The van der Waals surface area contributed by atoms with Gasteiger partial charge in [0.15, 0.2) is 6.10 Å². The second kappa shape index (κ2) is 45.3. The van der Waals surface area contributed by atoms with E-state index in [1.165, 1.54) is 193 Å². The largest absolute Gasteiger partial charge is 0.469 e. The average molecular weight is 843 g/mol. The van der Waals surface area contributed by atoms with E-state index in [-0.39, 0.29) is 19.4 Å². The molecule has 8 nitrogen and oxygen atoms in total. The molecular formula is C49H95O8P. The maximum absolute atomic E-state index is 12.5. The molecule has 0 radical (unpaired) electrons. The summed E-state index contributed by atoms with van der Waals surface area (Å²) in [7, 11) is -4.75. The van der Waals surface area contributed by atoms with Crippen molar-refractivity contribution in [1.82, 2.24) is 0 Å². The molecule has 0 saturated heterocycles. The Balaban J connectivity index is 3.78. The summed E-state index contributed by atoms with van der Waals surface area (Å²) in [4.78, 5) is 43.0. The van der Waals surface area contributed by atoms with Gasteiger partial charge in [0, 0.05) is 12.8 Å². The van der Waals surface area contributed by atoms with Crippen LogP contribution >= 0.6 is 7.82 Å². The van der Waals surface area contributed by atoms with E-state index in [1.54, 1.807) is 0 Å². The summed E-state index contributed by atoms with van der Waals surface area (Å²) in [6.45, 7) is 3.73. The van der Waals surface area contributed by atoms with Gasteiger partial charge in [-0.25, -0.2) is 4.57 Å². The van der Waals surface area contributed by atoms with Gasteiger partial charge in [0.05, 0.1) is 6.61 Å². The van der Waals surface area contributed by atoms with Gasteiger partial charge in [0.2, 0.25) is 0 Å². The van der Waals surface area contributed by atoms with Gasteiger partial charge in [-0.2, -0.15) is 0 Å². The molecule has 0 fully saturated rings. The quantitative estimate of drug-likeness (QED) is 0.0269. The van der Waals surface area contributed by atoms with E-state index in [4.69, 9.17) is 19.3 Å². The van der Waals surface area contributed by atoms with Crippen LogP contribution in [0.4, 0.5) is 0 Å². The first-order chi connectivity index (χ1) is 28.3. The molecular weight excluding hydrogens is 748 g/mol. The van der Waals surface area contributed by atoms with Crippen LogP contribution in [0.3, 0.4) is 0 Å². The zero-order valence-corrected chi connectivity index (χ0v) is 39.1. The fourth-order valence-electron chi connectivity index (χ4n) is 7.55. The van der Waals surface area contributed by atoms with Crippen molar-refractivity contribution in [2.75, 3.05) is 13.2 Å². The fraction of sp³-hybridized carbons (Fsp3) is 0.918.